The number of rotatable bonds is 7. The van der Waals surface area contributed by atoms with E-state index in [-0.39, 0.29) is 5.78 Å². The van der Waals surface area contributed by atoms with Crippen LogP contribution in [0.1, 0.15) is 18.4 Å². The van der Waals surface area contributed by atoms with Crippen LogP contribution in [0.4, 0.5) is 0 Å². The number of Topliss-reactive ketones (excluding diaryl/α,β-unsaturated/α-hetero) is 1. The standard InChI is InChI=1S/C12H17NO3/c1-15-7-3-4-11(14)8-10-5-6-12(16-2)13-9-10/h5-6,9H,3-4,7-8H2,1-2H3. The Balaban J connectivity index is 2.37. The molecule has 0 aromatic carbocycles. The molecule has 0 spiro atoms. The fourth-order valence-electron chi connectivity index (χ4n) is 1.37. The van der Waals surface area contributed by atoms with Gasteiger partial charge in [0.2, 0.25) is 5.88 Å². The van der Waals surface area contributed by atoms with Crippen LogP contribution in [0.2, 0.25) is 0 Å². The SMILES string of the molecule is COCCCC(=O)Cc1ccc(OC)nc1. The van der Waals surface area contributed by atoms with Gasteiger partial charge in [-0.15, -0.1) is 0 Å². The maximum Gasteiger partial charge on any atom is 0.212 e. The fourth-order valence-corrected chi connectivity index (χ4v) is 1.37. The Kier molecular flexibility index (Phi) is 5.50. The summed E-state index contributed by atoms with van der Waals surface area (Å²) in [6.45, 7) is 0.632. The molecular weight excluding hydrogens is 206 g/mol. The van der Waals surface area contributed by atoms with Gasteiger partial charge in [-0.05, 0) is 12.0 Å². The van der Waals surface area contributed by atoms with Crippen LogP contribution in [0.5, 0.6) is 5.88 Å². The molecule has 0 unspecified atom stereocenters. The Labute approximate surface area is 95.6 Å². The maximum atomic E-state index is 11.5. The maximum absolute atomic E-state index is 11.5. The summed E-state index contributed by atoms with van der Waals surface area (Å²) >= 11 is 0. The molecule has 0 saturated heterocycles. The summed E-state index contributed by atoms with van der Waals surface area (Å²) in [6.07, 6.45) is 3.44. The van der Waals surface area contributed by atoms with Crippen LogP contribution in [0, 0.1) is 0 Å². The van der Waals surface area contributed by atoms with Crippen LogP contribution in [-0.2, 0) is 16.0 Å². The Morgan fingerprint density at radius 2 is 2.19 bits per heavy atom. The summed E-state index contributed by atoms with van der Waals surface area (Å²) < 4.78 is 9.83. The molecule has 0 radical (unpaired) electrons. The topological polar surface area (TPSA) is 48.4 Å². The normalized spacial score (nSPS) is 10.1. The molecule has 0 bridgehead atoms. The summed E-state index contributed by atoms with van der Waals surface area (Å²) in [7, 11) is 3.20. The number of aromatic nitrogens is 1. The Hall–Kier alpha value is -1.42. The third-order valence-electron chi connectivity index (χ3n) is 2.21. The van der Waals surface area contributed by atoms with Gasteiger partial charge in [-0.3, -0.25) is 4.79 Å². The van der Waals surface area contributed by atoms with Gasteiger partial charge in [-0.1, -0.05) is 6.07 Å². The zero-order valence-corrected chi connectivity index (χ0v) is 9.73. The molecule has 1 rings (SSSR count). The lowest BCUT2D eigenvalue weighted by Gasteiger charge is -2.02. The molecule has 0 fully saturated rings. The van der Waals surface area contributed by atoms with Gasteiger partial charge in [-0.25, -0.2) is 4.98 Å². The van der Waals surface area contributed by atoms with Gasteiger partial charge in [0.15, 0.2) is 0 Å². The molecular formula is C12H17NO3. The summed E-state index contributed by atoms with van der Waals surface area (Å²) in [6, 6.07) is 3.62. The van der Waals surface area contributed by atoms with Gasteiger partial charge >= 0.3 is 0 Å². The lowest BCUT2D eigenvalue weighted by atomic mass is 10.1. The fraction of sp³-hybridized carbons (Fsp3) is 0.500. The predicted molar refractivity (Wildman–Crippen MR) is 60.6 cm³/mol. The second-order valence-electron chi connectivity index (χ2n) is 3.52. The highest BCUT2D eigenvalue weighted by molar-refractivity contribution is 5.80. The number of carbonyl (C=O) groups is 1. The zero-order valence-electron chi connectivity index (χ0n) is 9.73. The van der Waals surface area contributed by atoms with Crippen LogP contribution < -0.4 is 4.74 Å². The van der Waals surface area contributed by atoms with Gasteiger partial charge < -0.3 is 9.47 Å². The second kappa shape index (κ2) is 6.95. The molecule has 4 nitrogen and oxygen atoms in total. The van der Waals surface area contributed by atoms with E-state index in [0.717, 1.165) is 12.0 Å². The van der Waals surface area contributed by atoms with E-state index < -0.39 is 0 Å². The van der Waals surface area contributed by atoms with Gasteiger partial charge in [0.1, 0.15) is 5.78 Å². The van der Waals surface area contributed by atoms with Crippen molar-refractivity contribution in [1.82, 2.24) is 4.98 Å². The van der Waals surface area contributed by atoms with E-state index in [1.54, 1.807) is 26.5 Å². The van der Waals surface area contributed by atoms with E-state index in [9.17, 15) is 4.79 Å². The molecule has 0 aliphatic carbocycles. The Morgan fingerprint density at radius 1 is 1.38 bits per heavy atom. The van der Waals surface area contributed by atoms with Crippen molar-refractivity contribution in [2.75, 3.05) is 20.8 Å². The van der Waals surface area contributed by atoms with E-state index in [0.29, 0.717) is 25.3 Å². The van der Waals surface area contributed by atoms with Crippen LogP contribution >= 0.6 is 0 Å². The Morgan fingerprint density at radius 3 is 2.75 bits per heavy atom. The van der Waals surface area contributed by atoms with Crippen molar-refractivity contribution in [3.63, 3.8) is 0 Å². The van der Waals surface area contributed by atoms with Crippen LogP contribution in [0.3, 0.4) is 0 Å². The van der Waals surface area contributed by atoms with E-state index in [1.807, 2.05) is 6.07 Å². The minimum Gasteiger partial charge on any atom is -0.481 e. The highest BCUT2D eigenvalue weighted by Gasteiger charge is 2.04. The molecule has 1 heterocycles. The molecule has 0 atom stereocenters. The minimum atomic E-state index is 0.212. The van der Waals surface area contributed by atoms with Gasteiger partial charge in [-0.2, -0.15) is 0 Å². The number of methoxy groups -OCH3 is 2. The lowest BCUT2D eigenvalue weighted by Crippen LogP contribution is -2.04. The number of hydrogen-bond donors (Lipinski definition) is 0. The van der Waals surface area contributed by atoms with Gasteiger partial charge in [0, 0.05) is 38.8 Å². The van der Waals surface area contributed by atoms with E-state index in [4.69, 9.17) is 9.47 Å². The highest BCUT2D eigenvalue weighted by atomic mass is 16.5. The van der Waals surface area contributed by atoms with Crippen molar-refractivity contribution >= 4 is 5.78 Å². The van der Waals surface area contributed by atoms with Crippen molar-refractivity contribution in [3.8, 4) is 5.88 Å². The summed E-state index contributed by atoms with van der Waals surface area (Å²) in [5.41, 5.74) is 0.920. The smallest absolute Gasteiger partial charge is 0.212 e. The number of hydrogen-bond acceptors (Lipinski definition) is 4. The number of nitrogens with zero attached hydrogens (tertiary/aromatic N) is 1. The molecule has 0 aliphatic rings. The average Bonchev–Trinajstić information content (AvgIpc) is 2.30. The van der Waals surface area contributed by atoms with Crippen molar-refractivity contribution < 1.29 is 14.3 Å². The number of ether oxygens (including phenoxy) is 2. The van der Waals surface area contributed by atoms with Gasteiger partial charge in [0.25, 0.3) is 0 Å². The molecule has 1 aromatic rings. The zero-order chi connectivity index (χ0) is 11.8. The quantitative estimate of drug-likeness (QED) is 0.659. The first kappa shape index (κ1) is 12.6. The van der Waals surface area contributed by atoms with Gasteiger partial charge in [0.05, 0.1) is 7.11 Å². The molecule has 4 heteroatoms. The first-order valence-corrected chi connectivity index (χ1v) is 5.26. The molecule has 0 N–H and O–H groups in total. The largest absolute Gasteiger partial charge is 0.481 e. The summed E-state index contributed by atoms with van der Waals surface area (Å²) in [5, 5.41) is 0. The minimum absolute atomic E-state index is 0.212. The van der Waals surface area contributed by atoms with Crippen molar-refractivity contribution in [3.05, 3.63) is 23.9 Å². The molecule has 0 saturated carbocycles. The van der Waals surface area contributed by atoms with Crippen molar-refractivity contribution in [1.29, 1.82) is 0 Å². The third kappa shape index (κ3) is 4.40. The number of pyridine rings is 1. The summed E-state index contributed by atoms with van der Waals surface area (Å²) in [4.78, 5) is 15.6. The summed E-state index contributed by atoms with van der Waals surface area (Å²) in [5.74, 6) is 0.777. The third-order valence-corrected chi connectivity index (χ3v) is 2.21. The van der Waals surface area contributed by atoms with Crippen LogP contribution in [-0.4, -0.2) is 31.6 Å². The van der Waals surface area contributed by atoms with Crippen molar-refractivity contribution in [2.45, 2.75) is 19.3 Å². The molecule has 0 amide bonds. The number of ketones is 1. The molecule has 1 aromatic heterocycles. The Bertz CT molecular complexity index is 322. The number of carbonyl (C=O) groups excluding carboxylic acids is 1. The molecule has 88 valence electrons. The van der Waals surface area contributed by atoms with E-state index in [2.05, 4.69) is 4.98 Å². The van der Waals surface area contributed by atoms with Crippen LogP contribution in [0.15, 0.2) is 18.3 Å². The average molecular weight is 223 g/mol. The first-order chi connectivity index (χ1) is 7.76. The monoisotopic (exact) mass is 223 g/mol. The van der Waals surface area contributed by atoms with Crippen LogP contribution in [0.25, 0.3) is 0 Å². The van der Waals surface area contributed by atoms with E-state index in [1.165, 1.54) is 0 Å². The molecule has 0 aliphatic heterocycles. The molecule has 16 heavy (non-hydrogen) atoms. The lowest BCUT2D eigenvalue weighted by molar-refractivity contribution is -0.118. The van der Waals surface area contributed by atoms with Crippen molar-refractivity contribution in [2.24, 2.45) is 0 Å². The van der Waals surface area contributed by atoms with E-state index >= 15 is 0 Å². The first-order valence-electron chi connectivity index (χ1n) is 5.26. The second-order valence-corrected chi connectivity index (χ2v) is 3.52. The highest BCUT2D eigenvalue weighted by Crippen LogP contribution is 2.08. The predicted octanol–water partition coefficient (Wildman–Crippen LogP) is 1.63.